The average molecular weight is 499 g/mol. The molecule has 0 bridgehead atoms. The van der Waals surface area contributed by atoms with Crippen molar-refractivity contribution in [1.82, 2.24) is 0 Å². The number of hydrogen-bond acceptors (Lipinski definition) is 4. The summed E-state index contributed by atoms with van der Waals surface area (Å²) in [5.74, 6) is 0.318. The third-order valence-electron chi connectivity index (χ3n) is 5.45. The van der Waals surface area contributed by atoms with Crippen LogP contribution in [0.3, 0.4) is 0 Å². The first-order valence-electron chi connectivity index (χ1n) is 10.1. The molecule has 1 fully saturated rings. The van der Waals surface area contributed by atoms with E-state index >= 15 is 0 Å². The minimum Gasteiger partial charge on any atom is -0.494 e. The highest BCUT2D eigenvalue weighted by Crippen LogP contribution is 2.49. The SMILES string of the molecule is COc1c(/C=C/C2=NOC(c3cc(Cl)cc(Cl)c3)(C(F)(F)F)C2)cccc1NC(=O)C1CC1. The van der Waals surface area contributed by atoms with Crippen molar-refractivity contribution in [1.29, 1.82) is 0 Å². The van der Waals surface area contributed by atoms with E-state index in [9.17, 15) is 18.0 Å². The number of halogens is 5. The largest absolute Gasteiger partial charge is 0.494 e. The highest BCUT2D eigenvalue weighted by molar-refractivity contribution is 6.34. The van der Waals surface area contributed by atoms with Crippen molar-refractivity contribution in [2.75, 3.05) is 12.4 Å². The molecule has 5 nitrogen and oxygen atoms in total. The molecule has 4 rings (SSSR count). The van der Waals surface area contributed by atoms with E-state index in [2.05, 4.69) is 10.5 Å². The van der Waals surface area contributed by atoms with Crippen LogP contribution >= 0.6 is 23.2 Å². The van der Waals surface area contributed by atoms with Crippen LogP contribution in [0, 0.1) is 5.92 Å². The van der Waals surface area contributed by atoms with Gasteiger partial charge in [-0.1, -0.05) is 40.5 Å². The molecule has 1 N–H and O–H groups in total. The van der Waals surface area contributed by atoms with E-state index in [4.69, 9.17) is 32.8 Å². The van der Waals surface area contributed by atoms with E-state index in [-0.39, 0.29) is 33.1 Å². The van der Waals surface area contributed by atoms with Gasteiger partial charge in [-0.05, 0) is 49.3 Å². The number of allylic oxidation sites excluding steroid dienone is 1. The van der Waals surface area contributed by atoms with Crippen LogP contribution < -0.4 is 10.1 Å². The van der Waals surface area contributed by atoms with E-state index in [1.54, 1.807) is 24.3 Å². The van der Waals surface area contributed by atoms with Gasteiger partial charge >= 0.3 is 6.18 Å². The number of carbonyl (C=O) groups excluding carboxylic acids is 1. The lowest BCUT2D eigenvalue weighted by atomic mass is 9.88. The first-order valence-corrected chi connectivity index (χ1v) is 10.8. The topological polar surface area (TPSA) is 59.9 Å². The summed E-state index contributed by atoms with van der Waals surface area (Å²) >= 11 is 11.8. The maximum absolute atomic E-state index is 14.1. The van der Waals surface area contributed by atoms with Gasteiger partial charge in [0.2, 0.25) is 5.91 Å². The predicted octanol–water partition coefficient (Wildman–Crippen LogP) is 6.60. The molecule has 1 aliphatic heterocycles. The first-order chi connectivity index (χ1) is 15.6. The molecule has 2 aromatic carbocycles. The molecule has 0 saturated heterocycles. The Morgan fingerprint density at radius 3 is 2.52 bits per heavy atom. The van der Waals surface area contributed by atoms with Crippen LogP contribution in [0.2, 0.25) is 10.0 Å². The van der Waals surface area contributed by atoms with Crippen molar-refractivity contribution in [2.24, 2.45) is 11.1 Å². The number of amides is 1. The molecule has 1 amide bonds. The lowest BCUT2D eigenvalue weighted by Crippen LogP contribution is -2.42. The number of hydrogen-bond donors (Lipinski definition) is 1. The summed E-state index contributed by atoms with van der Waals surface area (Å²) in [5.41, 5.74) is -1.82. The van der Waals surface area contributed by atoms with Crippen molar-refractivity contribution in [3.05, 3.63) is 63.6 Å². The maximum Gasteiger partial charge on any atom is 0.435 e. The summed E-state index contributed by atoms with van der Waals surface area (Å²) in [5, 5.41) is 6.63. The standard InChI is InChI=1S/C23H19Cl2F3N2O3/c1-32-20-13(3-2-4-19(20)29-21(31)14-5-6-14)7-8-18-12-22(33-30-18,23(26,27)28)15-9-16(24)11-17(25)10-15/h2-4,7-11,14H,5-6,12H2,1H3,(H,29,31)/b8-7+. The van der Waals surface area contributed by atoms with Crippen LogP contribution in [-0.2, 0) is 15.2 Å². The van der Waals surface area contributed by atoms with Gasteiger partial charge in [0.25, 0.3) is 5.60 Å². The molecule has 10 heteroatoms. The Labute approximate surface area is 198 Å². The highest BCUT2D eigenvalue weighted by atomic mass is 35.5. The number of methoxy groups -OCH3 is 1. The van der Waals surface area contributed by atoms with Gasteiger partial charge in [0.15, 0.2) is 0 Å². The van der Waals surface area contributed by atoms with Gasteiger partial charge in [-0.3, -0.25) is 4.79 Å². The second-order valence-corrected chi connectivity index (χ2v) is 8.73. The fraction of sp³-hybridized carbons (Fsp3) is 0.304. The number of nitrogens with one attached hydrogen (secondary N) is 1. The number of rotatable bonds is 6. The number of anilines is 1. The molecule has 1 saturated carbocycles. The minimum absolute atomic E-state index is 0.00869. The second-order valence-electron chi connectivity index (χ2n) is 7.86. The Morgan fingerprint density at radius 1 is 1.21 bits per heavy atom. The van der Waals surface area contributed by atoms with E-state index in [1.807, 2.05) is 0 Å². The smallest absolute Gasteiger partial charge is 0.435 e. The Hall–Kier alpha value is -2.71. The number of alkyl halides is 3. The number of para-hydroxylation sites is 1. The lowest BCUT2D eigenvalue weighted by molar-refractivity contribution is -0.275. The summed E-state index contributed by atoms with van der Waals surface area (Å²) in [6.45, 7) is 0. The van der Waals surface area contributed by atoms with Crippen molar-refractivity contribution < 1.29 is 27.5 Å². The Balaban J connectivity index is 1.59. The van der Waals surface area contributed by atoms with Gasteiger partial charge in [-0.15, -0.1) is 0 Å². The molecule has 1 aliphatic carbocycles. The van der Waals surface area contributed by atoms with Crippen LogP contribution in [0.4, 0.5) is 18.9 Å². The number of nitrogens with zero attached hydrogens (tertiary/aromatic N) is 1. The van der Waals surface area contributed by atoms with Crippen molar-refractivity contribution in [3.63, 3.8) is 0 Å². The van der Waals surface area contributed by atoms with E-state index < -0.39 is 18.2 Å². The summed E-state index contributed by atoms with van der Waals surface area (Å²) < 4.78 is 47.7. The Morgan fingerprint density at radius 2 is 1.91 bits per heavy atom. The molecule has 1 atom stereocenters. The monoisotopic (exact) mass is 498 g/mol. The first kappa shape index (κ1) is 23.4. The van der Waals surface area contributed by atoms with E-state index in [0.717, 1.165) is 25.0 Å². The fourth-order valence-electron chi connectivity index (χ4n) is 3.58. The molecule has 174 valence electrons. The molecule has 1 heterocycles. The van der Waals surface area contributed by atoms with Crippen LogP contribution in [0.15, 0.2) is 47.6 Å². The third kappa shape index (κ3) is 4.82. The number of carbonyl (C=O) groups is 1. The Kier molecular flexibility index (Phi) is 6.33. The van der Waals surface area contributed by atoms with Gasteiger partial charge < -0.3 is 14.9 Å². The van der Waals surface area contributed by atoms with Crippen LogP contribution in [0.5, 0.6) is 5.75 Å². The predicted molar refractivity (Wildman–Crippen MR) is 121 cm³/mol. The Bertz CT molecular complexity index is 1130. The molecular formula is C23H19Cl2F3N2O3. The summed E-state index contributed by atoms with van der Waals surface area (Å²) in [6.07, 6.45) is -0.650. The average Bonchev–Trinajstić information content (AvgIpc) is 3.50. The third-order valence-corrected chi connectivity index (χ3v) is 5.88. The quantitative estimate of drug-likeness (QED) is 0.488. The van der Waals surface area contributed by atoms with E-state index in [0.29, 0.717) is 17.0 Å². The van der Waals surface area contributed by atoms with Gasteiger partial charge in [-0.2, -0.15) is 13.2 Å². The lowest BCUT2D eigenvalue weighted by Gasteiger charge is -2.29. The molecule has 0 spiro atoms. The zero-order chi connectivity index (χ0) is 23.8. The molecule has 33 heavy (non-hydrogen) atoms. The van der Waals surface area contributed by atoms with Crippen molar-refractivity contribution in [2.45, 2.75) is 31.0 Å². The number of benzene rings is 2. The number of oxime groups is 1. The molecule has 0 radical (unpaired) electrons. The minimum atomic E-state index is -4.77. The van der Waals surface area contributed by atoms with Crippen LogP contribution in [0.25, 0.3) is 6.08 Å². The van der Waals surface area contributed by atoms with Crippen molar-refractivity contribution in [3.8, 4) is 5.75 Å². The summed E-state index contributed by atoms with van der Waals surface area (Å²) in [4.78, 5) is 17.1. The van der Waals surface area contributed by atoms with Crippen molar-refractivity contribution >= 4 is 46.6 Å². The second kappa shape index (κ2) is 8.91. The molecule has 1 unspecified atom stereocenters. The zero-order valence-electron chi connectivity index (χ0n) is 17.4. The van der Waals surface area contributed by atoms with E-state index in [1.165, 1.54) is 19.3 Å². The molecule has 2 aromatic rings. The van der Waals surface area contributed by atoms with Crippen LogP contribution in [-0.4, -0.2) is 24.9 Å². The fourth-order valence-corrected chi connectivity index (χ4v) is 4.11. The zero-order valence-corrected chi connectivity index (χ0v) is 18.9. The molecular weight excluding hydrogens is 480 g/mol. The van der Waals surface area contributed by atoms with Gasteiger partial charge in [0, 0.05) is 33.5 Å². The van der Waals surface area contributed by atoms with Gasteiger partial charge in [0.05, 0.1) is 18.5 Å². The molecule has 2 aliphatic rings. The normalized spacial score (nSPS) is 20.5. The summed E-state index contributed by atoms with van der Waals surface area (Å²) in [6, 6.07) is 8.80. The summed E-state index contributed by atoms with van der Waals surface area (Å²) in [7, 11) is 1.45. The van der Waals surface area contributed by atoms with Crippen LogP contribution in [0.1, 0.15) is 30.4 Å². The number of ether oxygens (including phenoxy) is 1. The maximum atomic E-state index is 14.1. The van der Waals surface area contributed by atoms with Gasteiger partial charge in [0.1, 0.15) is 5.75 Å². The highest BCUT2D eigenvalue weighted by Gasteiger charge is 2.62. The molecule has 0 aromatic heterocycles. The van der Waals surface area contributed by atoms with Gasteiger partial charge in [-0.25, -0.2) is 0 Å².